The lowest BCUT2D eigenvalue weighted by atomic mass is 9.76. The lowest BCUT2D eigenvalue weighted by molar-refractivity contribution is 0.0793. The maximum absolute atomic E-state index is 9.30. The van der Waals surface area contributed by atoms with E-state index in [9.17, 15) is 5.11 Å². The van der Waals surface area contributed by atoms with Crippen LogP contribution in [0.3, 0.4) is 0 Å². The van der Waals surface area contributed by atoms with E-state index in [1.807, 2.05) is 0 Å². The Morgan fingerprint density at radius 2 is 2.18 bits per heavy atom. The number of aliphatic hydroxyl groups excluding tert-OH is 1. The molecule has 1 N–H and O–H groups in total. The Hall–Kier alpha value is -0.0400. The summed E-state index contributed by atoms with van der Waals surface area (Å²) in [5, 5.41) is 9.30. The van der Waals surface area contributed by atoms with Crippen LogP contribution in [-0.4, -0.2) is 11.7 Å². The number of hydrogen-bond acceptors (Lipinski definition) is 1. The van der Waals surface area contributed by atoms with E-state index in [-0.39, 0.29) is 5.41 Å². The van der Waals surface area contributed by atoms with Crippen LogP contribution in [-0.2, 0) is 0 Å². The van der Waals surface area contributed by atoms with Crippen molar-refractivity contribution in [3.05, 3.63) is 0 Å². The molecule has 0 saturated heterocycles. The van der Waals surface area contributed by atoms with Crippen LogP contribution in [0.25, 0.3) is 0 Å². The van der Waals surface area contributed by atoms with Crippen molar-refractivity contribution in [2.45, 2.75) is 40.0 Å². The average molecular weight is 156 g/mol. The number of hydrogen-bond donors (Lipinski definition) is 1. The second-order valence-electron chi connectivity index (χ2n) is 4.52. The molecule has 0 heterocycles. The van der Waals surface area contributed by atoms with E-state index >= 15 is 0 Å². The van der Waals surface area contributed by atoms with Crippen molar-refractivity contribution in [2.24, 2.45) is 17.3 Å². The van der Waals surface area contributed by atoms with Crippen LogP contribution < -0.4 is 0 Å². The van der Waals surface area contributed by atoms with E-state index < -0.39 is 0 Å². The molecule has 1 saturated carbocycles. The van der Waals surface area contributed by atoms with E-state index in [4.69, 9.17) is 0 Å². The van der Waals surface area contributed by atoms with Gasteiger partial charge in [-0.15, -0.1) is 0 Å². The van der Waals surface area contributed by atoms with Gasteiger partial charge in [-0.1, -0.05) is 27.2 Å². The van der Waals surface area contributed by atoms with E-state index in [0.29, 0.717) is 12.5 Å². The van der Waals surface area contributed by atoms with Gasteiger partial charge in [0.1, 0.15) is 0 Å². The molecule has 11 heavy (non-hydrogen) atoms. The minimum absolute atomic E-state index is 0.263. The lowest BCUT2D eigenvalue weighted by Crippen LogP contribution is -2.28. The second-order valence-corrected chi connectivity index (χ2v) is 4.52. The summed E-state index contributed by atoms with van der Waals surface area (Å²) in [6.07, 6.45) is 3.75. The smallest absolute Gasteiger partial charge is 0.0489 e. The molecule has 1 fully saturated rings. The van der Waals surface area contributed by atoms with Crippen molar-refractivity contribution < 1.29 is 5.11 Å². The molecule has 1 nitrogen and oxygen atoms in total. The molecule has 0 aromatic carbocycles. The van der Waals surface area contributed by atoms with Gasteiger partial charge in [-0.25, -0.2) is 0 Å². The summed E-state index contributed by atoms with van der Waals surface area (Å²) in [6.45, 7) is 7.14. The molecule has 0 spiro atoms. The molecule has 1 rings (SSSR count). The van der Waals surface area contributed by atoms with Gasteiger partial charge in [-0.2, -0.15) is 0 Å². The molecule has 2 atom stereocenters. The summed E-state index contributed by atoms with van der Waals surface area (Å²) in [7, 11) is 0. The minimum Gasteiger partial charge on any atom is -0.396 e. The summed E-state index contributed by atoms with van der Waals surface area (Å²) in [4.78, 5) is 0. The van der Waals surface area contributed by atoms with Crippen LogP contribution in [0.4, 0.5) is 0 Å². The Labute approximate surface area is 69.8 Å². The van der Waals surface area contributed by atoms with Crippen molar-refractivity contribution in [3.8, 4) is 0 Å². The molecule has 66 valence electrons. The maximum atomic E-state index is 9.30. The molecule has 0 aliphatic heterocycles. The van der Waals surface area contributed by atoms with Crippen LogP contribution in [0, 0.1) is 17.3 Å². The zero-order valence-electron chi connectivity index (χ0n) is 7.93. The van der Waals surface area contributed by atoms with Crippen LogP contribution in [0.1, 0.15) is 40.0 Å². The molecule has 0 amide bonds. The lowest BCUT2D eigenvalue weighted by Gasteiger charge is -2.31. The fraction of sp³-hybridized carbons (Fsp3) is 1.00. The molecule has 1 aliphatic carbocycles. The summed E-state index contributed by atoms with van der Waals surface area (Å²) in [5.74, 6) is 1.46. The average Bonchev–Trinajstić information content (AvgIpc) is 2.33. The number of aliphatic hydroxyl groups is 1. The fourth-order valence-electron chi connectivity index (χ4n) is 2.28. The van der Waals surface area contributed by atoms with Crippen molar-refractivity contribution in [3.63, 3.8) is 0 Å². The zero-order chi connectivity index (χ0) is 8.48. The predicted octanol–water partition coefficient (Wildman–Crippen LogP) is 2.44. The SMILES string of the molecule is CC(C)[C@]1(CO)CC[C@@H](C)C1. The van der Waals surface area contributed by atoms with Crippen LogP contribution >= 0.6 is 0 Å². The van der Waals surface area contributed by atoms with Crippen LogP contribution in [0.5, 0.6) is 0 Å². The van der Waals surface area contributed by atoms with E-state index in [2.05, 4.69) is 20.8 Å². The Kier molecular flexibility index (Phi) is 2.58. The van der Waals surface area contributed by atoms with Crippen LogP contribution in [0.2, 0.25) is 0 Å². The summed E-state index contributed by atoms with van der Waals surface area (Å²) in [6, 6.07) is 0. The van der Waals surface area contributed by atoms with Gasteiger partial charge in [0.15, 0.2) is 0 Å². The number of rotatable bonds is 2. The Bertz CT molecular complexity index is 131. The highest BCUT2D eigenvalue weighted by Crippen LogP contribution is 2.46. The molecule has 0 bridgehead atoms. The summed E-state index contributed by atoms with van der Waals surface area (Å²) in [5.41, 5.74) is 0.263. The van der Waals surface area contributed by atoms with E-state index in [1.54, 1.807) is 0 Å². The van der Waals surface area contributed by atoms with E-state index in [1.165, 1.54) is 19.3 Å². The maximum Gasteiger partial charge on any atom is 0.0489 e. The third kappa shape index (κ3) is 1.58. The molecular weight excluding hydrogens is 136 g/mol. The van der Waals surface area contributed by atoms with Gasteiger partial charge >= 0.3 is 0 Å². The quantitative estimate of drug-likeness (QED) is 0.651. The van der Waals surface area contributed by atoms with Gasteiger partial charge in [0, 0.05) is 6.61 Å². The normalized spacial score (nSPS) is 38.5. The predicted molar refractivity (Wildman–Crippen MR) is 47.4 cm³/mol. The molecule has 0 unspecified atom stereocenters. The first-order chi connectivity index (χ1) is 5.10. The standard InChI is InChI=1S/C10H20O/c1-8(2)10(7-11)5-4-9(3)6-10/h8-9,11H,4-7H2,1-3H3/t9-,10-/m1/s1. The van der Waals surface area contributed by atoms with Crippen molar-refractivity contribution >= 4 is 0 Å². The third-order valence-electron chi connectivity index (χ3n) is 3.43. The molecule has 0 radical (unpaired) electrons. The van der Waals surface area contributed by atoms with Gasteiger partial charge in [-0.05, 0) is 30.1 Å². The topological polar surface area (TPSA) is 20.2 Å². The Morgan fingerprint density at radius 3 is 2.36 bits per heavy atom. The Balaban J connectivity index is 2.62. The van der Waals surface area contributed by atoms with Gasteiger partial charge in [0.05, 0.1) is 0 Å². The Morgan fingerprint density at radius 1 is 1.55 bits per heavy atom. The van der Waals surface area contributed by atoms with Crippen molar-refractivity contribution in [2.75, 3.05) is 6.61 Å². The highest BCUT2D eigenvalue weighted by Gasteiger charge is 2.39. The van der Waals surface area contributed by atoms with Crippen LogP contribution in [0.15, 0.2) is 0 Å². The molecule has 1 heteroatoms. The summed E-state index contributed by atoms with van der Waals surface area (Å²) < 4.78 is 0. The molecular formula is C10H20O. The first-order valence-corrected chi connectivity index (χ1v) is 4.71. The van der Waals surface area contributed by atoms with Gasteiger partial charge in [0.2, 0.25) is 0 Å². The highest BCUT2D eigenvalue weighted by atomic mass is 16.3. The molecule has 1 aliphatic rings. The van der Waals surface area contributed by atoms with Crippen molar-refractivity contribution in [1.29, 1.82) is 0 Å². The fourth-order valence-corrected chi connectivity index (χ4v) is 2.28. The largest absolute Gasteiger partial charge is 0.396 e. The van der Waals surface area contributed by atoms with Gasteiger partial charge in [0.25, 0.3) is 0 Å². The highest BCUT2D eigenvalue weighted by molar-refractivity contribution is 4.89. The molecule has 0 aromatic rings. The molecule has 0 aromatic heterocycles. The van der Waals surface area contributed by atoms with E-state index in [0.717, 1.165) is 5.92 Å². The zero-order valence-corrected chi connectivity index (χ0v) is 7.93. The van der Waals surface area contributed by atoms with Crippen molar-refractivity contribution in [1.82, 2.24) is 0 Å². The first-order valence-electron chi connectivity index (χ1n) is 4.71. The van der Waals surface area contributed by atoms with Gasteiger partial charge < -0.3 is 5.11 Å². The minimum atomic E-state index is 0.263. The van der Waals surface area contributed by atoms with Gasteiger partial charge in [-0.3, -0.25) is 0 Å². The third-order valence-corrected chi connectivity index (χ3v) is 3.43. The first kappa shape index (κ1) is 9.05. The summed E-state index contributed by atoms with van der Waals surface area (Å²) >= 11 is 0. The second kappa shape index (κ2) is 3.14. The monoisotopic (exact) mass is 156 g/mol.